The van der Waals surface area contributed by atoms with Crippen molar-refractivity contribution in [1.29, 1.82) is 0 Å². The van der Waals surface area contributed by atoms with E-state index in [0.29, 0.717) is 0 Å². The summed E-state index contributed by atoms with van der Waals surface area (Å²) in [7, 11) is 0. The highest BCUT2D eigenvalue weighted by atomic mass is 16.3. The van der Waals surface area contributed by atoms with Gasteiger partial charge in [-0.3, -0.25) is 9.55 Å². The predicted octanol–water partition coefficient (Wildman–Crippen LogP) is 1.91. The fraction of sp³-hybridized carbons (Fsp3) is 0.0769. The molecule has 0 spiro atoms. The van der Waals surface area contributed by atoms with Crippen LogP contribution < -0.4 is 0 Å². The number of para-hydroxylation sites is 2. The average Bonchev–Trinajstić information content (AvgIpc) is 2.82. The van der Waals surface area contributed by atoms with Crippen LogP contribution in [0.2, 0.25) is 0 Å². The summed E-state index contributed by atoms with van der Waals surface area (Å²) in [6, 6.07) is 9.69. The third kappa shape index (κ3) is 1.59. The molecule has 0 atom stereocenters. The Hall–Kier alpha value is -2.20. The molecule has 0 saturated carbocycles. The van der Waals surface area contributed by atoms with Gasteiger partial charge in [-0.15, -0.1) is 0 Å². The van der Waals surface area contributed by atoms with E-state index in [9.17, 15) is 5.11 Å². The van der Waals surface area contributed by atoms with Crippen LogP contribution in [0.15, 0.2) is 49.1 Å². The number of nitrogens with zero attached hydrogens (tertiary/aromatic N) is 3. The van der Waals surface area contributed by atoms with E-state index in [0.717, 1.165) is 22.3 Å². The Bertz CT molecular complexity index is 660. The second-order valence-electron chi connectivity index (χ2n) is 3.77. The van der Waals surface area contributed by atoms with Crippen molar-refractivity contribution in [2.75, 3.05) is 0 Å². The van der Waals surface area contributed by atoms with Gasteiger partial charge in [-0.25, -0.2) is 4.98 Å². The fourth-order valence-corrected chi connectivity index (χ4v) is 1.92. The minimum Gasteiger partial charge on any atom is -0.392 e. The zero-order valence-corrected chi connectivity index (χ0v) is 9.11. The molecular formula is C13H11N3O. The summed E-state index contributed by atoms with van der Waals surface area (Å²) < 4.78 is 1.94. The van der Waals surface area contributed by atoms with Gasteiger partial charge in [0.05, 0.1) is 29.5 Å². The minimum absolute atomic E-state index is 0.00956. The number of pyridine rings is 1. The van der Waals surface area contributed by atoms with Gasteiger partial charge in [0.2, 0.25) is 0 Å². The van der Waals surface area contributed by atoms with Crippen molar-refractivity contribution in [3.63, 3.8) is 0 Å². The van der Waals surface area contributed by atoms with Gasteiger partial charge in [0.1, 0.15) is 6.33 Å². The van der Waals surface area contributed by atoms with Gasteiger partial charge in [0, 0.05) is 11.8 Å². The third-order valence-electron chi connectivity index (χ3n) is 2.77. The van der Waals surface area contributed by atoms with Crippen molar-refractivity contribution in [3.05, 3.63) is 54.6 Å². The van der Waals surface area contributed by atoms with E-state index < -0.39 is 0 Å². The number of aliphatic hydroxyl groups is 1. The molecule has 0 amide bonds. The molecule has 0 saturated heterocycles. The monoisotopic (exact) mass is 225 g/mol. The molecule has 0 aliphatic heterocycles. The molecule has 1 aromatic carbocycles. The van der Waals surface area contributed by atoms with Crippen LogP contribution in [-0.4, -0.2) is 19.6 Å². The number of rotatable bonds is 2. The van der Waals surface area contributed by atoms with Crippen molar-refractivity contribution in [2.24, 2.45) is 0 Å². The number of aliphatic hydroxyl groups excluding tert-OH is 1. The Labute approximate surface area is 98.2 Å². The van der Waals surface area contributed by atoms with Crippen LogP contribution in [0.4, 0.5) is 0 Å². The average molecular weight is 225 g/mol. The molecule has 0 aliphatic rings. The molecule has 0 unspecified atom stereocenters. The molecule has 2 aromatic heterocycles. The quantitative estimate of drug-likeness (QED) is 0.724. The Morgan fingerprint density at radius 2 is 2.06 bits per heavy atom. The molecule has 3 rings (SSSR count). The SMILES string of the molecule is OCc1ccncc1-n1cnc2ccccc21. The van der Waals surface area contributed by atoms with Gasteiger partial charge in [-0.2, -0.15) is 0 Å². The highest BCUT2D eigenvalue weighted by Gasteiger charge is 2.07. The molecule has 2 heterocycles. The van der Waals surface area contributed by atoms with Crippen LogP contribution >= 0.6 is 0 Å². The molecule has 4 heteroatoms. The Morgan fingerprint density at radius 3 is 2.94 bits per heavy atom. The summed E-state index contributed by atoms with van der Waals surface area (Å²) in [5.41, 5.74) is 3.64. The summed E-state index contributed by atoms with van der Waals surface area (Å²) >= 11 is 0. The third-order valence-corrected chi connectivity index (χ3v) is 2.77. The topological polar surface area (TPSA) is 50.9 Å². The van der Waals surface area contributed by atoms with Gasteiger partial charge in [0.25, 0.3) is 0 Å². The molecule has 3 aromatic rings. The molecule has 84 valence electrons. The van der Waals surface area contributed by atoms with Crippen molar-refractivity contribution < 1.29 is 5.11 Å². The Morgan fingerprint density at radius 1 is 1.18 bits per heavy atom. The Balaban J connectivity index is 2.27. The largest absolute Gasteiger partial charge is 0.392 e. The van der Waals surface area contributed by atoms with E-state index in [1.807, 2.05) is 34.9 Å². The molecule has 0 fully saturated rings. The molecule has 0 bridgehead atoms. The summed E-state index contributed by atoms with van der Waals surface area (Å²) in [5.74, 6) is 0. The van der Waals surface area contributed by atoms with Crippen molar-refractivity contribution in [3.8, 4) is 5.69 Å². The van der Waals surface area contributed by atoms with E-state index >= 15 is 0 Å². The summed E-state index contributed by atoms with van der Waals surface area (Å²) in [4.78, 5) is 8.42. The lowest BCUT2D eigenvalue weighted by Crippen LogP contribution is -1.99. The lowest BCUT2D eigenvalue weighted by molar-refractivity contribution is 0.281. The Kier molecular flexibility index (Phi) is 2.34. The van der Waals surface area contributed by atoms with E-state index in [2.05, 4.69) is 9.97 Å². The maximum atomic E-state index is 9.33. The second-order valence-corrected chi connectivity index (χ2v) is 3.77. The van der Waals surface area contributed by atoms with Crippen LogP contribution in [0, 0.1) is 0 Å². The number of fused-ring (bicyclic) bond motifs is 1. The molecule has 4 nitrogen and oxygen atoms in total. The highest BCUT2D eigenvalue weighted by molar-refractivity contribution is 5.77. The normalized spacial score (nSPS) is 10.9. The highest BCUT2D eigenvalue weighted by Crippen LogP contribution is 2.19. The summed E-state index contributed by atoms with van der Waals surface area (Å²) in [5, 5.41) is 9.33. The van der Waals surface area contributed by atoms with Crippen LogP contribution in [-0.2, 0) is 6.61 Å². The number of aromatic nitrogens is 3. The number of benzene rings is 1. The first-order valence-electron chi connectivity index (χ1n) is 5.36. The van der Waals surface area contributed by atoms with Gasteiger partial charge in [0.15, 0.2) is 0 Å². The molecule has 0 radical (unpaired) electrons. The maximum Gasteiger partial charge on any atom is 0.100 e. The molecule has 17 heavy (non-hydrogen) atoms. The fourth-order valence-electron chi connectivity index (χ4n) is 1.92. The maximum absolute atomic E-state index is 9.33. The summed E-state index contributed by atoms with van der Waals surface area (Å²) in [6.45, 7) is -0.00956. The molecule has 1 N–H and O–H groups in total. The van der Waals surface area contributed by atoms with Crippen molar-refractivity contribution >= 4 is 11.0 Å². The van der Waals surface area contributed by atoms with Gasteiger partial charge in [-0.1, -0.05) is 12.1 Å². The van der Waals surface area contributed by atoms with Crippen LogP contribution in [0.25, 0.3) is 16.7 Å². The molecular weight excluding hydrogens is 214 g/mol. The van der Waals surface area contributed by atoms with E-state index in [-0.39, 0.29) is 6.61 Å². The van der Waals surface area contributed by atoms with Gasteiger partial charge in [-0.05, 0) is 18.2 Å². The molecule has 0 aliphatic carbocycles. The number of hydrogen-bond donors (Lipinski definition) is 1. The minimum atomic E-state index is -0.00956. The van der Waals surface area contributed by atoms with Crippen LogP contribution in [0.1, 0.15) is 5.56 Å². The predicted molar refractivity (Wildman–Crippen MR) is 64.8 cm³/mol. The first-order chi connectivity index (χ1) is 8.40. The second kappa shape index (κ2) is 3.99. The van der Waals surface area contributed by atoms with E-state index in [1.165, 1.54) is 0 Å². The van der Waals surface area contributed by atoms with E-state index in [4.69, 9.17) is 0 Å². The zero-order chi connectivity index (χ0) is 11.7. The number of hydrogen-bond acceptors (Lipinski definition) is 3. The first kappa shape index (κ1) is 9.99. The lowest BCUT2D eigenvalue weighted by atomic mass is 10.2. The standard InChI is InChI=1S/C13H11N3O/c17-8-10-5-6-14-7-13(10)16-9-15-11-3-1-2-4-12(11)16/h1-7,9,17H,8H2. The van der Waals surface area contributed by atoms with Gasteiger partial charge < -0.3 is 5.11 Å². The van der Waals surface area contributed by atoms with Gasteiger partial charge >= 0.3 is 0 Å². The number of imidazole rings is 1. The van der Waals surface area contributed by atoms with Crippen LogP contribution in [0.5, 0.6) is 0 Å². The lowest BCUT2D eigenvalue weighted by Gasteiger charge is -2.08. The van der Waals surface area contributed by atoms with Crippen LogP contribution in [0.3, 0.4) is 0 Å². The summed E-state index contributed by atoms with van der Waals surface area (Å²) in [6.07, 6.45) is 5.16. The van der Waals surface area contributed by atoms with Crippen molar-refractivity contribution in [2.45, 2.75) is 6.61 Å². The van der Waals surface area contributed by atoms with Crippen molar-refractivity contribution in [1.82, 2.24) is 14.5 Å². The smallest absolute Gasteiger partial charge is 0.100 e. The first-order valence-corrected chi connectivity index (χ1v) is 5.36. The van der Waals surface area contributed by atoms with E-state index in [1.54, 1.807) is 18.7 Å². The zero-order valence-electron chi connectivity index (χ0n) is 9.11.